The Bertz CT molecular complexity index is 382. The van der Waals surface area contributed by atoms with Crippen molar-refractivity contribution >= 4 is 17.3 Å². The Kier molecular flexibility index (Phi) is 3.64. The number of nitrogens with one attached hydrogen (secondary N) is 1. The van der Waals surface area contributed by atoms with Gasteiger partial charge in [-0.05, 0) is 57.1 Å². The molecular weight excluding hydrogens is 214 g/mol. The second kappa shape index (κ2) is 5.19. The van der Waals surface area contributed by atoms with Crippen molar-refractivity contribution in [3.63, 3.8) is 0 Å². The van der Waals surface area contributed by atoms with Gasteiger partial charge >= 0.3 is 0 Å². The molecule has 1 aromatic carbocycles. The number of hydrogen-bond donors (Lipinski definition) is 2. The van der Waals surface area contributed by atoms with E-state index in [2.05, 4.69) is 10.2 Å². The summed E-state index contributed by atoms with van der Waals surface area (Å²) in [7, 11) is 0. The molecule has 1 aromatic rings. The molecule has 0 radical (unpaired) electrons. The summed E-state index contributed by atoms with van der Waals surface area (Å²) in [4.78, 5) is 14.2. The lowest BCUT2D eigenvalue weighted by molar-refractivity contribution is -0.120. The highest BCUT2D eigenvalue weighted by Gasteiger charge is 2.23. The normalized spacial score (nSPS) is 17.9. The number of amides is 1. The van der Waals surface area contributed by atoms with Crippen LogP contribution in [0.1, 0.15) is 19.8 Å². The predicted molar refractivity (Wildman–Crippen MR) is 69.8 cm³/mol. The minimum absolute atomic E-state index is 0.0525. The number of benzene rings is 1. The molecule has 1 aliphatic rings. The van der Waals surface area contributed by atoms with Gasteiger partial charge in [0.25, 0.3) is 0 Å². The van der Waals surface area contributed by atoms with Gasteiger partial charge in [0.2, 0.25) is 5.91 Å². The average molecular weight is 233 g/mol. The maximum absolute atomic E-state index is 12.0. The fourth-order valence-corrected chi connectivity index (χ4v) is 2.11. The number of rotatable bonds is 3. The first-order valence-electron chi connectivity index (χ1n) is 6.07. The van der Waals surface area contributed by atoms with E-state index in [-0.39, 0.29) is 11.9 Å². The second-order valence-corrected chi connectivity index (χ2v) is 4.53. The number of anilines is 2. The van der Waals surface area contributed by atoms with Crippen molar-refractivity contribution in [1.82, 2.24) is 4.90 Å². The van der Waals surface area contributed by atoms with Crippen molar-refractivity contribution < 1.29 is 4.79 Å². The maximum Gasteiger partial charge on any atom is 0.241 e. The van der Waals surface area contributed by atoms with Crippen LogP contribution < -0.4 is 11.1 Å². The predicted octanol–water partition coefficient (Wildman–Crippen LogP) is 1.69. The molecule has 4 nitrogen and oxygen atoms in total. The lowest BCUT2D eigenvalue weighted by Gasteiger charge is -2.22. The molecule has 1 heterocycles. The van der Waals surface area contributed by atoms with Crippen LogP contribution in [0, 0.1) is 0 Å². The molecule has 0 bridgehead atoms. The third-order valence-electron chi connectivity index (χ3n) is 3.25. The van der Waals surface area contributed by atoms with Crippen LogP contribution in [0.4, 0.5) is 11.4 Å². The quantitative estimate of drug-likeness (QED) is 0.781. The Morgan fingerprint density at radius 1 is 1.29 bits per heavy atom. The average Bonchev–Trinajstić information content (AvgIpc) is 2.84. The zero-order valence-corrected chi connectivity index (χ0v) is 10.1. The fourth-order valence-electron chi connectivity index (χ4n) is 2.11. The fraction of sp³-hybridized carbons (Fsp3) is 0.462. The minimum atomic E-state index is -0.0601. The molecule has 1 aliphatic heterocycles. The summed E-state index contributed by atoms with van der Waals surface area (Å²) in [6.07, 6.45) is 2.39. The molecule has 1 saturated heterocycles. The number of nitrogens with zero attached hydrogens (tertiary/aromatic N) is 1. The highest BCUT2D eigenvalue weighted by atomic mass is 16.2. The van der Waals surface area contributed by atoms with E-state index < -0.39 is 0 Å². The number of likely N-dealkylation sites (tertiary alicyclic amines) is 1. The summed E-state index contributed by atoms with van der Waals surface area (Å²) >= 11 is 0. The Hall–Kier alpha value is -1.55. The van der Waals surface area contributed by atoms with Gasteiger partial charge in [0.15, 0.2) is 0 Å². The van der Waals surface area contributed by atoms with Crippen LogP contribution in [0.2, 0.25) is 0 Å². The largest absolute Gasteiger partial charge is 0.399 e. The summed E-state index contributed by atoms with van der Waals surface area (Å²) in [5.41, 5.74) is 7.10. The third kappa shape index (κ3) is 2.97. The SMILES string of the molecule is CC(C(=O)Nc1ccc(N)cc1)N1CCCC1. The molecule has 4 heteroatoms. The minimum Gasteiger partial charge on any atom is -0.399 e. The van der Waals surface area contributed by atoms with Gasteiger partial charge in [-0.1, -0.05) is 0 Å². The summed E-state index contributed by atoms with van der Waals surface area (Å²) in [6.45, 7) is 4.00. The molecule has 1 fully saturated rings. The van der Waals surface area contributed by atoms with E-state index in [0.29, 0.717) is 5.69 Å². The molecule has 1 atom stereocenters. The van der Waals surface area contributed by atoms with Crippen molar-refractivity contribution in [3.05, 3.63) is 24.3 Å². The third-order valence-corrected chi connectivity index (χ3v) is 3.25. The summed E-state index contributed by atoms with van der Waals surface area (Å²) in [5, 5.41) is 2.91. The standard InChI is InChI=1S/C13H19N3O/c1-10(16-8-2-3-9-16)13(17)15-12-6-4-11(14)5-7-12/h4-7,10H,2-3,8-9,14H2,1H3,(H,15,17). The summed E-state index contributed by atoms with van der Waals surface area (Å²) in [5.74, 6) is 0.0525. The zero-order valence-electron chi connectivity index (χ0n) is 10.1. The van der Waals surface area contributed by atoms with Crippen molar-refractivity contribution in [2.75, 3.05) is 24.1 Å². The van der Waals surface area contributed by atoms with Gasteiger partial charge in [-0.2, -0.15) is 0 Å². The molecule has 0 saturated carbocycles. The number of carbonyl (C=O) groups is 1. The molecule has 0 aromatic heterocycles. The van der Waals surface area contributed by atoms with E-state index in [0.717, 1.165) is 18.8 Å². The molecule has 2 rings (SSSR count). The summed E-state index contributed by atoms with van der Waals surface area (Å²) in [6, 6.07) is 7.16. The van der Waals surface area contributed by atoms with Crippen molar-refractivity contribution in [2.45, 2.75) is 25.8 Å². The van der Waals surface area contributed by atoms with Crippen LogP contribution in [0.5, 0.6) is 0 Å². The smallest absolute Gasteiger partial charge is 0.241 e. The van der Waals surface area contributed by atoms with Gasteiger partial charge < -0.3 is 11.1 Å². The molecular formula is C13H19N3O. The Balaban J connectivity index is 1.93. The Morgan fingerprint density at radius 3 is 2.47 bits per heavy atom. The first kappa shape index (κ1) is 11.9. The molecule has 17 heavy (non-hydrogen) atoms. The van der Waals surface area contributed by atoms with E-state index in [1.807, 2.05) is 19.1 Å². The van der Waals surface area contributed by atoms with E-state index in [1.165, 1.54) is 12.8 Å². The van der Waals surface area contributed by atoms with Crippen molar-refractivity contribution in [2.24, 2.45) is 0 Å². The van der Waals surface area contributed by atoms with Crippen LogP contribution in [0.15, 0.2) is 24.3 Å². The highest BCUT2D eigenvalue weighted by molar-refractivity contribution is 5.94. The van der Waals surface area contributed by atoms with E-state index in [1.54, 1.807) is 12.1 Å². The Labute approximate surface area is 102 Å². The van der Waals surface area contributed by atoms with E-state index >= 15 is 0 Å². The Morgan fingerprint density at radius 2 is 1.88 bits per heavy atom. The van der Waals surface area contributed by atoms with Gasteiger partial charge in [0.1, 0.15) is 0 Å². The van der Waals surface area contributed by atoms with Crippen molar-refractivity contribution in [1.29, 1.82) is 0 Å². The number of nitrogen functional groups attached to an aromatic ring is 1. The molecule has 1 unspecified atom stereocenters. The van der Waals surface area contributed by atoms with Crippen LogP contribution in [0.25, 0.3) is 0 Å². The van der Waals surface area contributed by atoms with Crippen LogP contribution in [0.3, 0.4) is 0 Å². The highest BCUT2D eigenvalue weighted by Crippen LogP contribution is 2.15. The topological polar surface area (TPSA) is 58.4 Å². The first-order chi connectivity index (χ1) is 8.16. The number of hydrogen-bond acceptors (Lipinski definition) is 3. The first-order valence-corrected chi connectivity index (χ1v) is 6.07. The van der Waals surface area contributed by atoms with Gasteiger partial charge in [-0.25, -0.2) is 0 Å². The zero-order chi connectivity index (χ0) is 12.3. The van der Waals surface area contributed by atoms with Gasteiger partial charge in [0.05, 0.1) is 6.04 Å². The maximum atomic E-state index is 12.0. The molecule has 0 spiro atoms. The van der Waals surface area contributed by atoms with E-state index in [9.17, 15) is 4.79 Å². The van der Waals surface area contributed by atoms with E-state index in [4.69, 9.17) is 5.73 Å². The molecule has 92 valence electrons. The van der Waals surface area contributed by atoms with Gasteiger partial charge in [-0.15, -0.1) is 0 Å². The van der Waals surface area contributed by atoms with Crippen LogP contribution >= 0.6 is 0 Å². The molecule has 3 N–H and O–H groups in total. The van der Waals surface area contributed by atoms with Gasteiger partial charge in [-0.3, -0.25) is 9.69 Å². The van der Waals surface area contributed by atoms with Crippen LogP contribution in [-0.2, 0) is 4.79 Å². The molecule has 1 amide bonds. The lowest BCUT2D eigenvalue weighted by Crippen LogP contribution is -2.40. The molecule has 0 aliphatic carbocycles. The number of nitrogens with two attached hydrogens (primary N) is 1. The van der Waals surface area contributed by atoms with Gasteiger partial charge in [0, 0.05) is 11.4 Å². The lowest BCUT2D eigenvalue weighted by atomic mass is 10.2. The second-order valence-electron chi connectivity index (χ2n) is 4.53. The van der Waals surface area contributed by atoms with Crippen molar-refractivity contribution in [3.8, 4) is 0 Å². The number of carbonyl (C=O) groups excluding carboxylic acids is 1. The van der Waals surface area contributed by atoms with Crippen LogP contribution in [-0.4, -0.2) is 29.9 Å². The monoisotopic (exact) mass is 233 g/mol. The summed E-state index contributed by atoms with van der Waals surface area (Å²) < 4.78 is 0.